The van der Waals surface area contributed by atoms with Crippen LogP contribution in [0.4, 0.5) is 24.9 Å². The van der Waals surface area contributed by atoms with Crippen LogP contribution in [0.15, 0.2) is 6.33 Å². The molecule has 3 atom stereocenters. The van der Waals surface area contributed by atoms with Gasteiger partial charge < -0.3 is 19.5 Å². The van der Waals surface area contributed by atoms with Crippen molar-refractivity contribution in [1.29, 1.82) is 0 Å². The summed E-state index contributed by atoms with van der Waals surface area (Å²) in [6, 6.07) is 0. The van der Waals surface area contributed by atoms with Gasteiger partial charge in [-0.05, 0) is 44.4 Å². The van der Waals surface area contributed by atoms with Gasteiger partial charge in [-0.2, -0.15) is 18.2 Å². The number of halogens is 3. The number of aryl methyl sites for hydroxylation is 2. The number of aromatic nitrogens is 5. The van der Waals surface area contributed by atoms with Crippen LogP contribution in [-0.2, 0) is 19.9 Å². The summed E-state index contributed by atoms with van der Waals surface area (Å²) < 4.78 is 42.5. The van der Waals surface area contributed by atoms with E-state index in [-0.39, 0.29) is 13.0 Å². The van der Waals surface area contributed by atoms with Gasteiger partial charge in [0.15, 0.2) is 0 Å². The number of hydrogen-bond donors (Lipinski definition) is 1. The molecular weight excluding hydrogens is 447 g/mol. The van der Waals surface area contributed by atoms with E-state index in [9.17, 15) is 18.3 Å². The fourth-order valence-corrected chi connectivity index (χ4v) is 6.72. The van der Waals surface area contributed by atoms with Gasteiger partial charge in [-0.3, -0.25) is 0 Å². The monoisotopic (exact) mass is 477 g/mol. The SMILES string of the molecule is Cn1cnnc1C1CCN(c2nc3c(c(N4C[C@@H]5[C@@H](C(F)(F)F)C[C@]5(CO)C4)n2)CCC3)CC1. The van der Waals surface area contributed by atoms with Gasteiger partial charge in [-0.15, -0.1) is 10.2 Å². The maximum atomic E-state index is 13.5. The molecule has 184 valence electrons. The standard InChI is InChI=1S/C23H30F3N7O/c1-31-13-27-30-19(31)14-5-7-32(8-6-14)21-28-18-4-2-3-15(18)20(29-21)33-10-17-16(23(24,25)26)9-22(17,11-33)12-34/h13-14,16-17,34H,2-12H2,1H3/t16-,17+,22+/m0/s1. The van der Waals surface area contributed by atoms with Crippen LogP contribution in [0.3, 0.4) is 0 Å². The third kappa shape index (κ3) is 3.37. The van der Waals surface area contributed by atoms with Gasteiger partial charge in [0.05, 0.1) is 18.2 Å². The number of alkyl halides is 3. The van der Waals surface area contributed by atoms with E-state index in [0.717, 1.165) is 68.1 Å². The molecule has 34 heavy (non-hydrogen) atoms. The summed E-state index contributed by atoms with van der Waals surface area (Å²) in [5.74, 6) is 0.897. The Hall–Kier alpha value is -2.43. The minimum absolute atomic E-state index is 0.00383. The molecule has 8 nitrogen and oxygen atoms in total. The molecular formula is C23H30F3N7O. The third-order valence-corrected chi connectivity index (χ3v) is 8.65. The zero-order chi connectivity index (χ0) is 23.7. The van der Waals surface area contributed by atoms with Crippen molar-refractivity contribution in [3.63, 3.8) is 0 Å². The second kappa shape index (κ2) is 7.79. The van der Waals surface area contributed by atoms with E-state index in [2.05, 4.69) is 15.1 Å². The van der Waals surface area contributed by atoms with E-state index >= 15 is 0 Å². The minimum Gasteiger partial charge on any atom is -0.396 e. The Morgan fingerprint density at radius 1 is 1.15 bits per heavy atom. The minimum atomic E-state index is -4.22. The normalized spacial score (nSPS) is 29.3. The second-order valence-electron chi connectivity index (χ2n) is 10.5. The van der Waals surface area contributed by atoms with Gasteiger partial charge in [-0.25, -0.2) is 4.98 Å². The summed E-state index contributed by atoms with van der Waals surface area (Å²) in [5, 5.41) is 18.3. The molecule has 1 saturated carbocycles. The molecule has 2 saturated heterocycles. The molecule has 2 aliphatic carbocycles. The first kappa shape index (κ1) is 22.1. The molecule has 1 N–H and O–H groups in total. The Balaban J connectivity index is 1.25. The first-order valence-electron chi connectivity index (χ1n) is 12.2. The van der Waals surface area contributed by atoms with Crippen molar-refractivity contribution in [2.75, 3.05) is 42.6 Å². The number of piperidine rings is 1. The molecule has 4 aliphatic rings. The molecule has 2 aromatic heterocycles. The maximum Gasteiger partial charge on any atom is 0.392 e. The topological polar surface area (TPSA) is 83.2 Å². The molecule has 6 rings (SSSR count). The highest BCUT2D eigenvalue weighted by Gasteiger charge is 2.66. The second-order valence-corrected chi connectivity index (χ2v) is 10.5. The first-order chi connectivity index (χ1) is 16.3. The van der Waals surface area contributed by atoms with Crippen LogP contribution in [0, 0.1) is 17.3 Å². The van der Waals surface area contributed by atoms with E-state index in [1.165, 1.54) is 0 Å². The molecule has 11 heteroatoms. The zero-order valence-electron chi connectivity index (χ0n) is 19.3. The van der Waals surface area contributed by atoms with E-state index in [1.807, 2.05) is 16.5 Å². The highest BCUT2D eigenvalue weighted by Crippen LogP contribution is 2.61. The average molecular weight is 478 g/mol. The van der Waals surface area contributed by atoms with Crippen LogP contribution in [0.5, 0.6) is 0 Å². The zero-order valence-corrected chi connectivity index (χ0v) is 19.3. The lowest BCUT2D eigenvalue weighted by Crippen LogP contribution is -2.55. The predicted molar refractivity (Wildman–Crippen MR) is 119 cm³/mol. The Kier molecular flexibility index (Phi) is 5.06. The molecule has 0 amide bonds. The van der Waals surface area contributed by atoms with Crippen LogP contribution in [0.25, 0.3) is 0 Å². The van der Waals surface area contributed by atoms with Crippen molar-refractivity contribution in [2.45, 2.75) is 50.6 Å². The smallest absolute Gasteiger partial charge is 0.392 e. The largest absolute Gasteiger partial charge is 0.396 e. The van der Waals surface area contributed by atoms with E-state index in [0.29, 0.717) is 25.0 Å². The van der Waals surface area contributed by atoms with Crippen molar-refractivity contribution in [3.8, 4) is 0 Å². The number of rotatable bonds is 4. The quantitative estimate of drug-likeness (QED) is 0.725. The van der Waals surface area contributed by atoms with Crippen LogP contribution in [-0.4, -0.2) is 68.8 Å². The van der Waals surface area contributed by atoms with Crippen molar-refractivity contribution in [3.05, 3.63) is 23.4 Å². The van der Waals surface area contributed by atoms with Gasteiger partial charge in [0, 0.05) is 50.1 Å². The fraction of sp³-hybridized carbons (Fsp3) is 0.739. The van der Waals surface area contributed by atoms with Crippen molar-refractivity contribution < 1.29 is 18.3 Å². The summed E-state index contributed by atoms with van der Waals surface area (Å²) in [7, 11) is 1.96. The summed E-state index contributed by atoms with van der Waals surface area (Å²) in [5.41, 5.74) is 1.43. The lowest BCUT2D eigenvalue weighted by molar-refractivity contribution is -0.245. The number of hydrogen-bond acceptors (Lipinski definition) is 7. The van der Waals surface area contributed by atoms with Crippen molar-refractivity contribution in [2.24, 2.45) is 24.3 Å². The molecule has 0 radical (unpaired) electrons. The van der Waals surface area contributed by atoms with E-state index in [4.69, 9.17) is 9.97 Å². The maximum absolute atomic E-state index is 13.5. The Labute approximate surface area is 196 Å². The van der Waals surface area contributed by atoms with E-state index in [1.54, 1.807) is 6.33 Å². The lowest BCUT2D eigenvalue weighted by Gasteiger charge is -2.49. The van der Waals surface area contributed by atoms with Crippen molar-refractivity contribution >= 4 is 11.8 Å². The molecule has 4 heterocycles. The van der Waals surface area contributed by atoms with Gasteiger partial charge in [0.25, 0.3) is 0 Å². The Morgan fingerprint density at radius 3 is 2.62 bits per heavy atom. The van der Waals surface area contributed by atoms with Gasteiger partial charge in [0.2, 0.25) is 5.95 Å². The fourth-order valence-electron chi connectivity index (χ4n) is 6.72. The molecule has 0 spiro atoms. The highest BCUT2D eigenvalue weighted by atomic mass is 19.4. The van der Waals surface area contributed by atoms with Crippen LogP contribution in [0.2, 0.25) is 0 Å². The number of aliphatic hydroxyl groups excluding tert-OH is 1. The van der Waals surface area contributed by atoms with Crippen LogP contribution in [0.1, 0.15) is 48.7 Å². The third-order valence-electron chi connectivity index (χ3n) is 8.65. The van der Waals surface area contributed by atoms with Crippen LogP contribution >= 0.6 is 0 Å². The molecule has 0 bridgehead atoms. The lowest BCUT2D eigenvalue weighted by atomic mass is 9.55. The number of nitrogens with zero attached hydrogens (tertiary/aromatic N) is 7. The van der Waals surface area contributed by atoms with Gasteiger partial charge in [-0.1, -0.05) is 0 Å². The first-order valence-corrected chi connectivity index (χ1v) is 12.2. The molecule has 2 aliphatic heterocycles. The summed E-state index contributed by atoms with van der Waals surface area (Å²) in [4.78, 5) is 14.0. The highest BCUT2D eigenvalue weighted by molar-refractivity contribution is 5.56. The van der Waals surface area contributed by atoms with Crippen LogP contribution < -0.4 is 9.80 Å². The number of fused-ring (bicyclic) bond motifs is 2. The summed E-state index contributed by atoms with van der Waals surface area (Å²) >= 11 is 0. The summed E-state index contributed by atoms with van der Waals surface area (Å²) in [6.45, 7) is 2.11. The molecule has 0 unspecified atom stereocenters. The summed E-state index contributed by atoms with van der Waals surface area (Å²) in [6.07, 6.45) is 2.08. The predicted octanol–water partition coefficient (Wildman–Crippen LogP) is 2.47. The van der Waals surface area contributed by atoms with E-state index < -0.39 is 23.4 Å². The molecule has 3 fully saturated rings. The number of anilines is 2. The number of aliphatic hydroxyl groups is 1. The molecule has 0 aromatic carbocycles. The van der Waals surface area contributed by atoms with Gasteiger partial charge >= 0.3 is 6.18 Å². The van der Waals surface area contributed by atoms with Crippen molar-refractivity contribution in [1.82, 2.24) is 24.7 Å². The molecule has 2 aromatic rings. The Morgan fingerprint density at radius 2 is 1.94 bits per heavy atom. The van der Waals surface area contributed by atoms with Gasteiger partial charge in [0.1, 0.15) is 18.0 Å². The average Bonchev–Trinajstić information content (AvgIpc) is 3.51. The Bertz CT molecular complexity index is 1080.